The Kier molecular flexibility index (Phi) is 59.0. The van der Waals surface area contributed by atoms with Crippen LogP contribution in [0.15, 0.2) is 36.5 Å². The highest BCUT2D eigenvalue weighted by Gasteiger charge is 2.18. The van der Waals surface area contributed by atoms with Gasteiger partial charge in [0.1, 0.15) is 0 Å². The normalized spacial score (nSPS) is 12.8. The fraction of sp³-hybridized carbons (Fsp3) is 0.877. The second-order valence-electron chi connectivity index (χ2n) is 21.8. The SMILES string of the molecule is CCCCCCCCCCCCCCCCCCCCC/C=C/C(O)C(CO)NC(=O)CCCCCCCC/C=C\C=C/CCCCCOC(=O)CCCCCCCCCCCCCCCCCCCC. The minimum atomic E-state index is -0.860. The number of aliphatic hydroxyl groups excluding tert-OH is 2. The summed E-state index contributed by atoms with van der Waals surface area (Å²) >= 11 is 0. The highest BCUT2D eigenvalue weighted by molar-refractivity contribution is 5.76. The number of carbonyl (C=O) groups is 2. The van der Waals surface area contributed by atoms with Gasteiger partial charge >= 0.3 is 5.97 Å². The number of carbonyl (C=O) groups excluding carboxylic acids is 2. The highest BCUT2D eigenvalue weighted by atomic mass is 16.5. The molecule has 2 atom stereocenters. The molecule has 1 amide bonds. The van der Waals surface area contributed by atoms with Crippen molar-refractivity contribution < 1.29 is 24.5 Å². The van der Waals surface area contributed by atoms with Gasteiger partial charge in [0.25, 0.3) is 0 Å². The van der Waals surface area contributed by atoms with Crippen LogP contribution in [0.3, 0.4) is 0 Å². The standard InChI is InChI=1S/C65H123NO5/c1-3-5-7-9-11-13-15-17-19-21-23-24-25-26-29-33-37-41-45-49-53-57-63(68)62(61-67)66-64(69)58-54-50-46-42-38-34-30-28-32-36-40-44-48-52-56-60-71-65(70)59-55-51-47-43-39-35-31-27-22-20-18-16-14-12-10-8-6-4-2/h28,32,36,40,53,57,62-63,67-68H,3-27,29-31,33-35,37-39,41-52,54-56,58-61H2,1-2H3,(H,66,69)/b32-28-,40-36-,57-53+. The van der Waals surface area contributed by atoms with Crippen LogP contribution in [0.2, 0.25) is 0 Å². The van der Waals surface area contributed by atoms with Gasteiger partial charge in [0.2, 0.25) is 5.91 Å². The van der Waals surface area contributed by atoms with Gasteiger partial charge in [-0.05, 0) is 64.2 Å². The van der Waals surface area contributed by atoms with Crippen LogP contribution < -0.4 is 5.32 Å². The number of aliphatic hydroxyl groups is 2. The number of nitrogens with one attached hydrogen (secondary N) is 1. The molecule has 0 aliphatic heterocycles. The Balaban J connectivity index is 3.52. The van der Waals surface area contributed by atoms with Crippen molar-refractivity contribution in [2.75, 3.05) is 13.2 Å². The van der Waals surface area contributed by atoms with Gasteiger partial charge < -0.3 is 20.3 Å². The molecule has 6 nitrogen and oxygen atoms in total. The maximum Gasteiger partial charge on any atom is 0.305 e. The molecule has 418 valence electrons. The van der Waals surface area contributed by atoms with E-state index in [0.29, 0.717) is 19.4 Å². The summed E-state index contributed by atoms with van der Waals surface area (Å²) < 4.78 is 5.47. The lowest BCUT2D eigenvalue weighted by Crippen LogP contribution is -2.45. The van der Waals surface area contributed by atoms with Crippen molar-refractivity contribution in [1.29, 1.82) is 0 Å². The molecule has 0 rings (SSSR count). The number of amides is 1. The molecule has 0 saturated heterocycles. The molecule has 6 heteroatoms. The average Bonchev–Trinajstić information content (AvgIpc) is 3.37. The molecule has 0 fully saturated rings. The number of unbranched alkanes of at least 4 members (excludes halogenated alkanes) is 45. The quantitative estimate of drug-likeness (QED) is 0.0244. The van der Waals surface area contributed by atoms with Gasteiger partial charge in [-0.25, -0.2) is 0 Å². The monoisotopic (exact) mass is 998 g/mol. The number of allylic oxidation sites excluding steroid dienone is 5. The van der Waals surface area contributed by atoms with E-state index in [-0.39, 0.29) is 18.5 Å². The third-order valence-electron chi connectivity index (χ3n) is 14.7. The lowest BCUT2D eigenvalue weighted by Gasteiger charge is -2.20. The summed E-state index contributed by atoms with van der Waals surface area (Å²) in [5.74, 6) is -0.106. The molecular formula is C65H123NO5. The molecule has 0 aromatic carbocycles. The fourth-order valence-corrected chi connectivity index (χ4v) is 9.80. The topological polar surface area (TPSA) is 95.9 Å². The summed E-state index contributed by atoms with van der Waals surface area (Å²) in [4.78, 5) is 24.6. The lowest BCUT2D eigenvalue weighted by atomic mass is 10.0. The molecule has 0 aromatic rings. The van der Waals surface area contributed by atoms with Crippen LogP contribution in [0.5, 0.6) is 0 Å². The zero-order chi connectivity index (χ0) is 51.4. The highest BCUT2D eigenvalue weighted by Crippen LogP contribution is 2.18. The van der Waals surface area contributed by atoms with Gasteiger partial charge in [0, 0.05) is 12.8 Å². The van der Waals surface area contributed by atoms with Gasteiger partial charge in [0.05, 0.1) is 25.4 Å². The molecule has 0 heterocycles. The minimum Gasteiger partial charge on any atom is -0.466 e. The first kappa shape index (κ1) is 69.1. The van der Waals surface area contributed by atoms with Crippen molar-refractivity contribution in [3.8, 4) is 0 Å². The van der Waals surface area contributed by atoms with Crippen LogP contribution in [-0.2, 0) is 14.3 Å². The molecule has 2 unspecified atom stereocenters. The van der Waals surface area contributed by atoms with Gasteiger partial charge in [0.15, 0.2) is 0 Å². The third kappa shape index (κ3) is 57.2. The first-order valence-electron chi connectivity index (χ1n) is 31.8. The molecule has 0 aliphatic rings. The average molecular weight is 999 g/mol. The zero-order valence-electron chi connectivity index (χ0n) is 47.7. The van der Waals surface area contributed by atoms with Crippen LogP contribution in [0, 0.1) is 0 Å². The Bertz CT molecular complexity index is 1150. The summed E-state index contributed by atoms with van der Waals surface area (Å²) in [6, 6.07) is -0.646. The van der Waals surface area contributed by atoms with E-state index in [0.717, 1.165) is 77.0 Å². The summed E-state index contributed by atoms with van der Waals surface area (Å²) in [7, 11) is 0. The Morgan fingerprint density at radius 2 is 0.690 bits per heavy atom. The number of hydrogen-bond donors (Lipinski definition) is 3. The van der Waals surface area contributed by atoms with Crippen LogP contribution >= 0.6 is 0 Å². The van der Waals surface area contributed by atoms with E-state index in [1.807, 2.05) is 6.08 Å². The van der Waals surface area contributed by atoms with Crippen LogP contribution in [-0.4, -0.2) is 47.4 Å². The smallest absolute Gasteiger partial charge is 0.305 e. The van der Waals surface area contributed by atoms with Crippen LogP contribution in [0.4, 0.5) is 0 Å². The number of rotatable bonds is 59. The second kappa shape index (κ2) is 60.6. The van der Waals surface area contributed by atoms with Gasteiger partial charge in [-0.15, -0.1) is 0 Å². The van der Waals surface area contributed by atoms with Crippen LogP contribution in [0.1, 0.15) is 341 Å². The van der Waals surface area contributed by atoms with Gasteiger partial charge in [-0.1, -0.05) is 301 Å². The Hall–Kier alpha value is -1.92. The van der Waals surface area contributed by atoms with Crippen molar-refractivity contribution in [3.63, 3.8) is 0 Å². The van der Waals surface area contributed by atoms with Crippen molar-refractivity contribution in [3.05, 3.63) is 36.5 Å². The number of hydrogen-bond acceptors (Lipinski definition) is 5. The van der Waals surface area contributed by atoms with E-state index < -0.39 is 12.1 Å². The van der Waals surface area contributed by atoms with Crippen molar-refractivity contribution >= 4 is 11.9 Å². The molecule has 0 aromatic heterocycles. The minimum absolute atomic E-state index is 0.0180. The van der Waals surface area contributed by atoms with E-state index >= 15 is 0 Å². The maximum absolute atomic E-state index is 12.5. The first-order chi connectivity index (χ1) is 35.0. The Morgan fingerprint density at radius 1 is 0.394 bits per heavy atom. The van der Waals surface area contributed by atoms with Crippen molar-refractivity contribution in [1.82, 2.24) is 5.32 Å². The van der Waals surface area contributed by atoms with Crippen LogP contribution in [0.25, 0.3) is 0 Å². The first-order valence-corrected chi connectivity index (χ1v) is 31.8. The molecule has 0 radical (unpaired) electrons. The number of esters is 1. The summed E-state index contributed by atoms with van der Waals surface area (Å²) in [6.45, 7) is 4.88. The Labute approximate surface area is 443 Å². The molecule has 71 heavy (non-hydrogen) atoms. The fourth-order valence-electron chi connectivity index (χ4n) is 9.80. The predicted octanol–water partition coefficient (Wildman–Crippen LogP) is 20.0. The molecule has 0 saturated carbocycles. The molecule has 0 bridgehead atoms. The lowest BCUT2D eigenvalue weighted by molar-refractivity contribution is -0.143. The molecular weight excluding hydrogens is 875 g/mol. The van der Waals surface area contributed by atoms with Gasteiger partial charge in [-0.2, -0.15) is 0 Å². The number of ether oxygens (including phenoxy) is 1. The summed E-state index contributed by atoms with van der Waals surface area (Å²) in [5, 5.41) is 23.2. The second-order valence-corrected chi connectivity index (χ2v) is 21.8. The molecule has 3 N–H and O–H groups in total. The van der Waals surface area contributed by atoms with Crippen molar-refractivity contribution in [2.24, 2.45) is 0 Å². The third-order valence-corrected chi connectivity index (χ3v) is 14.7. The Morgan fingerprint density at radius 3 is 1.04 bits per heavy atom. The van der Waals surface area contributed by atoms with Crippen molar-refractivity contribution in [2.45, 2.75) is 353 Å². The van der Waals surface area contributed by atoms with E-state index in [1.165, 1.54) is 238 Å². The predicted molar refractivity (Wildman–Crippen MR) is 310 cm³/mol. The van der Waals surface area contributed by atoms with E-state index in [9.17, 15) is 19.8 Å². The summed E-state index contributed by atoms with van der Waals surface area (Å²) in [6.07, 6.45) is 76.2. The summed E-state index contributed by atoms with van der Waals surface area (Å²) in [5.41, 5.74) is 0. The molecule has 0 spiro atoms. The van der Waals surface area contributed by atoms with E-state index in [4.69, 9.17) is 4.74 Å². The molecule has 0 aliphatic carbocycles. The van der Waals surface area contributed by atoms with E-state index in [2.05, 4.69) is 43.5 Å². The largest absolute Gasteiger partial charge is 0.466 e. The van der Waals surface area contributed by atoms with E-state index in [1.54, 1.807) is 6.08 Å². The van der Waals surface area contributed by atoms with Gasteiger partial charge in [-0.3, -0.25) is 9.59 Å². The zero-order valence-corrected chi connectivity index (χ0v) is 47.7. The maximum atomic E-state index is 12.5.